The molecule has 0 aromatic heterocycles. The minimum Gasteiger partial charge on any atom is -0.248 e. The predicted molar refractivity (Wildman–Crippen MR) is 40.1 cm³/mol. The molecule has 0 nitrogen and oxygen atoms in total. The van der Waals surface area contributed by atoms with E-state index in [1.807, 2.05) is 0 Å². The maximum Gasteiger partial charge on any atom is 0.134 e. The molecule has 0 aromatic carbocycles. The molecule has 0 spiro atoms. The summed E-state index contributed by atoms with van der Waals surface area (Å²) in [7, 11) is 1.10. The molecular weight excluding hydrogens is 114 g/mol. The van der Waals surface area contributed by atoms with Crippen LogP contribution in [-0.4, -0.2) is 13.5 Å². The third kappa shape index (κ3) is 1.12. The molecule has 0 aromatic rings. The van der Waals surface area contributed by atoms with Gasteiger partial charge in [0, 0.05) is 0 Å². The molecule has 0 saturated carbocycles. The summed E-state index contributed by atoms with van der Waals surface area (Å²) in [6.45, 7) is 4.18. The van der Waals surface area contributed by atoms with Gasteiger partial charge >= 0.3 is 0 Å². The van der Waals surface area contributed by atoms with Gasteiger partial charge in [0.2, 0.25) is 0 Å². The molecule has 0 bridgehead atoms. The lowest BCUT2D eigenvalue weighted by Gasteiger charge is -2.41. The van der Waals surface area contributed by atoms with E-state index in [0.717, 1.165) is 26.4 Å². The van der Waals surface area contributed by atoms with E-state index in [-0.39, 0.29) is 5.31 Å². The van der Waals surface area contributed by atoms with Crippen molar-refractivity contribution in [3.63, 3.8) is 0 Å². The van der Waals surface area contributed by atoms with Crippen molar-refractivity contribution in [3.8, 4) is 0 Å². The van der Waals surface area contributed by atoms with Crippen molar-refractivity contribution in [1.29, 1.82) is 0 Å². The van der Waals surface area contributed by atoms with Crippen LogP contribution < -0.4 is 0 Å². The highest BCUT2D eigenvalue weighted by Gasteiger charge is 2.42. The van der Waals surface area contributed by atoms with Crippen LogP contribution in [0.4, 0.5) is 4.39 Å². The molecular formula is C7H14BF. The first-order valence-electron chi connectivity index (χ1n) is 3.83. The lowest BCUT2D eigenvalue weighted by molar-refractivity contribution is 0.229. The number of rotatable bonds is 2. The van der Waals surface area contributed by atoms with Gasteiger partial charge in [0.15, 0.2) is 0 Å². The number of alkyl halides is 1. The van der Waals surface area contributed by atoms with Crippen molar-refractivity contribution in [2.24, 2.45) is 0 Å². The van der Waals surface area contributed by atoms with E-state index in [1.165, 1.54) is 0 Å². The smallest absolute Gasteiger partial charge is 0.134 e. The lowest BCUT2D eigenvalue weighted by atomic mass is 9.36. The Balaban J connectivity index is 2.34. The standard InChI is InChI=1S/C7H14BF/c1-3-4-7(2)6(9)5-8-7/h6,8H,3-5H2,1-2H3/t6-,7?/m1/s1. The summed E-state index contributed by atoms with van der Waals surface area (Å²) >= 11 is 0. The minimum absolute atomic E-state index is 0.0642. The maximum atomic E-state index is 12.8. The normalized spacial score (nSPS) is 41.4. The molecule has 52 valence electrons. The molecule has 0 aliphatic carbocycles. The Morgan fingerprint density at radius 2 is 2.44 bits per heavy atom. The molecule has 0 amide bonds. The van der Waals surface area contributed by atoms with Gasteiger partial charge in [0.25, 0.3) is 0 Å². The number of halogens is 1. The molecule has 2 atom stereocenters. The van der Waals surface area contributed by atoms with Crippen molar-refractivity contribution in [1.82, 2.24) is 0 Å². The number of hydrogen-bond donors (Lipinski definition) is 0. The van der Waals surface area contributed by atoms with Crippen LogP contribution in [0.25, 0.3) is 0 Å². The Morgan fingerprint density at radius 1 is 1.78 bits per heavy atom. The second kappa shape index (κ2) is 2.32. The van der Waals surface area contributed by atoms with Gasteiger partial charge in [-0.3, -0.25) is 0 Å². The van der Waals surface area contributed by atoms with Crippen LogP contribution in [0.1, 0.15) is 26.7 Å². The van der Waals surface area contributed by atoms with E-state index in [1.54, 1.807) is 0 Å². The minimum atomic E-state index is -0.502. The average molecular weight is 128 g/mol. The first-order chi connectivity index (χ1) is 4.19. The van der Waals surface area contributed by atoms with Gasteiger partial charge in [-0.2, -0.15) is 0 Å². The third-order valence-corrected chi connectivity index (χ3v) is 2.55. The zero-order valence-electron chi connectivity index (χ0n) is 6.28. The fraction of sp³-hybridized carbons (Fsp3) is 1.00. The average Bonchev–Trinajstić information content (AvgIpc) is 1.86. The van der Waals surface area contributed by atoms with Crippen LogP contribution in [-0.2, 0) is 0 Å². The van der Waals surface area contributed by atoms with E-state index >= 15 is 0 Å². The van der Waals surface area contributed by atoms with Crippen molar-refractivity contribution < 1.29 is 4.39 Å². The maximum absolute atomic E-state index is 12.8. The zero-order valence-corrected chi connectivity index (χ0v) is 6.28. The summed E-state index contributed by atoms with van der Waals surface area (Å²) in [5.41, 5.74) is 0. The molecule has 1 saturated heterocycles. The van der Waals surface area contributed by atoms with Gasteiger partial charge in [-0.05, 0) is 11.6 Å². The topological polar surface area (TPSA) is 0 Å². The van der Waals surface area contributed by atoms with Crippen LogP contribution in [0.5, 0.6) is 0 Å². The quantitative estimate of drug-likeness (QED) is 0.500. The van der Waals surface area contributed by atoms with E-state index in [2.05, 4.69) is 13.8 Å². The predicted octanol–water partition coefficient (Wildman–Crippen LogP) is 2.17. The molecule has 1 aliphatic heterocycles. The van der Waals surface area contributed by atoms with Crippen molar-refractivity contribution in [2.45, 2.75) is 44.5 Å². The fourth-order valence-corrected chi connectivity index (χ4v) is 1.60. The molecule has 1 fully saturated rings. The Labute approximate surface area is 57.1 Å². The van der Waals surface area contributed by atoms with Gasteiger partial charge < -0.3 is 0 Å². The highest BCUT2D eigenvalue weighted by molar-refractivity contribution is 6.44. The summed E-state index contributed by atoms with van der Waals surface area (Å²) in [5.74, 6) is 0. The Kier molecular flexibility index (Phi) is 1.83. The highest BCUT2D eigenvalue weighted by Crippen LogP contribution is 2.47. The van der Waals surface area contributed by atoms with E-state index < -0.39 is 6.17 Å². The fourth-order valence-electron chi connectivity index (χ4n) is 1.60. The van der Waals surface area contributed by atoms with E-state index in [9.17, 15) is 4.39 Å². The molecule has 0 N–H and O–H groups in total. The summed E-state index contributed by atoms with van der Waals surface area (Å²) in [4.78, 5) is 0. The second-order valence-corrected chi connectivity index (χ2v) is 3.41. The van der Waals surface area contributed by atoms with Crippen molar-refractivity contribution in [3.05, 3.63) is 0 Å². The Bertz CT molecular complexity index is 105. The second-order valence-electron chi connectivity index (χ2n) is 3.41. The molecule has 2 heteroatoms. The summed E-state index contributed by atoms with van der Waals surface area (Å²) in [5, 5.41) is 0.0642. The first kappa shape index (κ1) is 7.11. The van der Waals surface area contributed by atoms with Crippen LogP contribution in [0.15, 0.2) is 0 Å². The molecule has 1 heterocycles. The number of hydrogen-bond acceptors (Lipinski definition) is 0. The molecule has 1 unspecified atom stereocenters. The van der Waals surface area contributed by atoms with Gasteiger partial charge in [-0.1, -0.05) is 26.7 Å². The lowest BCUT2D eigenvalue weighted by Crippen LogP contribution is -2.39. The first-order valence-corrected chi connectivity index (χ1v) is 3.83. The third-order valence-electron chi connectivity index (χ3n) is 2.55. The van der Waals surface area contributed by atoms with E-state index in [0.29, 0.717) is 0 Å². The van der Waals surface area contributed by atoms with Crippen LogP contribution in [0, 0.1) is 0 Å². The summed E-state index contributed by atoms with van der Waals surface area (Å²) < 4.78 is 12.8. The van der Waals surface area contributed by atoms with Gasteiger partial charge in [0.05, 0.1) is 6.17 Å². The Morgan fingerprint density at radius 3 is 2.56 bits per heavy atom. The monoisotopic (exact) mass is 128 g/mol. The largest absolute Gasteiger partial charge is 0.248 e. The van der Waals surface area contributed by atoms with Crippen molar-refractivity contribution >= 4 is 7.28 Å². The van der Waals surface area contributed by atoms with Gasteiger partial charge in [-0.25, -0.2) is 4.39 Å². The molecule has 1 rings (SSSR count). The van der Waals surface area contributed by atoms with Crippen LogP contribution >= 0.6 is 0 Å². The van der Waals surface area contributed by atoms with Gasteiger partial charge in [-0.15, -0.1) is 0 Å². The van der Waals surface area contributed by atoms with E-state index in [4.69, 9.17) is 0 Å². The summed E-state index contributed by atoms with van der Waals surface area (Å²) in [6.07, 6.45) is 2.49. The van der Waals surface area contributed by atoms with Crippen molar-refractivity contribution in [2.75, 3.05) is 0 Å². The Hall–Kier alpha value is -0.00506. The molecule has 9 heavy (non-hydrogen) atoms. The molecule has 0 radical (unpaired) electrons. The summed E-state index contributed by atoms with van der Waals surface area (Å²) in [6, 6.07) is 0. The highest BCUT2D eigenvalue weighted by atomic mass is 19.1. The van der Waals surface area contributed by atoms with Crippen LogP contribution in [0.2, 0.25) is 11.6 Å². The van der Waals surface area contributed by atoms with Gasteiger partial charge in [0.1, 0.15) is 7.28 Å². The SMILES string of the molecule is CCCC1(C)BC[C@H]1F. The molecule has 1 aliphatic rings. The zero-order chi connectivity index (χ0) is 6.91. The van der Waals surface area contributed by atoms with Crippen LogP contribution in [0.3, 0.4) is 0 Å².